The SMILES string of the molecule is Cc1nc2sc3c(=O)[nH]c(=O)[nH]c3c2c(C)c1C. The minimum atomic E-state index is -0.482. The van der Waals surface area contributed by atoms with Gasteiger partial charge in [-0.1, -0.05) is 0 Å². The highest BCUT2D eigenvalue weighted by molar-refractivity contribution is 7.25. The molecule has 0 aliphatic carbocycles. The van der Waals surface area contributed by atoms with Gasteiger partial charge in [-0.15, -0.1) is 11.3 Å². The van der Waals surface area contributed by atoms with Crippen molar-refractivity contribution in [2.24, 2.45) is 0 Å². The lowest BCUT2D eigenvalue weighted by atomic mass is 10.1. The number of nitrogens with one attached hydrogen (secondary N) is 2. The molecule has 0 fully saturated rings. The van der Waals surface area contributed by atoms with Gasteiger partial charge in [0.05, 0.1) is 5.52 Å². The first-order chi connectivity index (χ1) is 8.49. The number of H-pyrrole nitrogens is 2. The summed E-state index contributed by atoms with van der Waals surface area (Å²) in [7, 11) is 0. The first-order valence-electron chi connectivity index (χ1n) is 5.51. The lowest BCUT2D eigenvalue weighted by molar-refractivity contribution is 1.09. The molecule has 0 amide bonds. The molecule has 0 spiro atoms. The van der Waals surface area contributed by atoms with Gasteiger partial charge in [0.1, 0.15) is 9.53 Å². The molecular formula is C12H11N3O2S. The first-order valence-corrected chi connectivity index (χ1v) is 6.33. The van der Waals surface area contributed by atoms with E-state index in [0.717, 1.165) is 27.0 Å². The van der Waals surface area contributed by atoms with Gasteiger partial charge in [-0.2, -0.15) is 0 Å². The molecule has 3 aromatic rings. The summed E-state index contributed by atoms with van der Waals surface area (Å²) >= 11 is 1.31. The standard InChI is InChI=1S/C12H11N3O2S/c1-4-5(2)7-8-9(10(16)15-12(17)14-8)18-11(7)13-6(4)3/h1-3H3,(H2,14,15,16,17). The van der Waals surface area contributed by atoms with Crippen LogP contribution in [0.1, 0.15) is 16.8 Å². The molecule has 0 bridgehead atoms. The molecule has 0 atom stereocenters. The fourth-order valence-corrected chi connectivity index (χ4v) is 3.26. The van der Waals surface area contributed by atoms with Crippen LogP contribution >= 0.6 is 11.3 Å². The Kier molecular flexibility index (Phi) is 2.18. The summed E-state index contributed by atoms with van der Waals surface area (Å²) in [5, 5.41) is 0.876. The van der Waals surface area contributed by atoms with Crippen molar-refractivity contribution in [3.05, 3.63) is 37.7 Å². The normalized spacial score (nSPS) is 11.5. The van der Waals surface area contributed by atoms with Crippen LogP contribution in [0.15, 0.2) is 9.59 Å². The lowest BCUT2D eigenvalue weighted by Crippen LogP contribution is -2.20. The molecule has 0 aliphatic heterocycles. The second-order valence-corrected chi connectivity index (χ2v) is 5.34. The van der Waals surface area contributed by atoms with Crippen LogP contribution in [-0.2, 0) is 0 Å². The van der Waals surface area contributed by atoms with E-state index in [4.69, 9.17) is 0 Å². The Morgan fingerprint density at radius 2 is 1.78 bits per heavy atom. The van der Waals surface area contributed by atoms with Crippen molar-refractivity contribution < 1.29 is 0 Å². The highest BCUT2D eigenvalue weighted by Gasteiger charge is 2.15. The van der Waals surface area contributed by atoms with E-state index in [-0.39, 0.29) is 5.56 Å². The van der Waals surface area contributed by atoms with E-state index in [1.807, 2.05) is 20.8 Å². The molecule has 18 heavy (non-hydrogen) atoms. The molecule has 3 rings (SSSR count). The van der Waals surface area contributed by atoms with E-state index in [2.05, 4.69) is 15.0 Å². The molecule has 92 valence electrons. The Morgan fingerprint density at radius 3 is 2.50 bits per heavy atom. The number of fused-ring (bicyclic) bond motifs is 3. The smallest absolute Gasteiger partial charge is 0.305 e. The van der Waals surface area contributed by atoms with Crippen LogP contribution in [0, 0.1) is 20.8 Å². The van der Waals surface area contributed by atoms with Crippen LogP contribution in [-0.4, -0.2) is 15.0 Å². The topological polar surface area (TPSA) is 78.6 Å². The van der Waals surface area contributed by atoms with Crippen molar-refractivity contribution in [1.82, 2.24) is 15.0 Å². The van der Waals surface area contributed by atoms with Gasteiger partial charge in [0.15, 0.2) is 0 Å². The first kappa shape index (κ1) is 11.2. The Bertz CT molecular complexity index is 901. The molecule has 3 aromatic heterocycles. The zero-order valence-corrected chi connectivity index (χ0v) is 11.0. The van der Waals surface area contributed by atoms with Crippen molar-refractivity contribution in [1.29, 1.82) is 0 Å². The van der Waals surface area contributed by atoms with E-state index in [0.29, 0.717) is 10.2 Å². The summed E-state index contributed by atoms with van der Waals surface area (Å²) < 4.78 is 0.519. The van der Waals surface area contributed by atoms with Gasteiger partial charge in [-0.05, 0) is 31.9 Å². The number of aromatic amines is 2. The van der Waals surface area contributed by atoms with Crippen LogP contribution in [0.3, 0.4) is 0 Å². The third-order valence-electron chi connectivity index (χ3n) is 3.31. The van der Waals surface area contributed by atoms with Gasteiger partial charge in [-0.25, -0.2) is 9.78 Å². The molecule has 6 heteroatoms. The van der Waals surface area contributed by atoms with E-state index in [1.165, 1.54) is 11.3 Å². The van der Waals surface area contributed by atoms with E-state index in [1.54, 1.807) is 0 Å². The second kappa shape index (κ2) is 3.52. The van der Waals surface area contributed by atoms with E-state index < -0.39 is 5.69 Å². The maximum absolute atomic E-state index is 11.8. The van der Waals surface area contributed by atoms with Crippen LogP contribution in [0.5, 0.6) is 0 Å². The zero-order valence-electron chi connectivity index (χ0n) is 10.2. The van der Waals surface area contributed by atoms with Gasteiger partial charge >= 0.3 is 5.69 Å². The van der Waals surface area contributed by atoms with Gasteiger partial charge in [0.2, 0.25) is 0 Å². The van der Waals surface area contributed by atoms with Crippen molar-refractivity contribution >= 4 is 31.8 Å². The van der Waals surface area contributed by atoms with Gasteiger partial charge < -0.3 is 4.98 Å². The third kappa shape index (κ3) is 1.35. The molecule has 0 aromatic carbocycles. The van der Waals surface area contributed by atoms with Gasteiger partial charge in [-0.3, -0.25) is 9.78 Å². The highest BCUT2D eigenvalue weighted by Crippen LogP contribution is 2.32. The molecule has 0 saturated carbocycles. The zero-order chi connectivity index (χ0) is 13.0. The third-order valence-corrected chi connectivity index (χ3v) is 4.39. The largest absolute Gasteiger partial charge is 0.326 e. The summed E-state index contributed by atoms with van der Waals surface area (Å²) in [5.74, 6) is 0. The number of hydrogen-bond acceptors (Lipinski definition) is 4. The summed E-state index contributed by atoms with van der Waals surface area (Å²) in [5.41, 5.74) is 2.85. The number of rotatable bonds is 0. The molecular weight excluding hydrogens is 250 g/mol. The maximum Gasteiger partial charge on any atom is 0.326 e. The number of hydrogen-bond donors (Lipinski definition) is 2. The molecule has 0 aliphatic rings. The van der Waals surface area contributed by atoms with Crippen molar-refractivity contribution in [2.45, 2.75) is 20.8 Å². The Labute approximate surface area is 106 Å². The van der Waals surface area contributed by atoms with E-state index >= 15 is 0 Å². The summed E-state index contributed by atoms with van der Waals surface area (Å²) in [4.78, 5) is 33.4. The molecule has 0 unspecified atom stereocenters. The van der Waals surface area contributed by atoms with Crippen LogP contribution < -0.4 is 11.2 Å². The van der Waals surface area contributed by atoms with Crippen molar-refractivity contribution in [3.63, 3.8) is 0 Å². The number of pyridine rings is 1. The summed E-state index contributed by atoms with van der Waals surface area (Å²) in [6.45, 7) is 5.92. The molecule has 5 nitrogen and oxygen atoms in total. The fraction of sp³-hybridized carbons (Fsp3) is 0.250. The predicted octanol–water partition coefficient (Wildman–Crippen LogP) is 1.75. The number of aromatic nitrogens is 3. The fourth-order valence-electron chi connectivity index (χ4n) is 2.12. The monoisotopic (exact) mass is 261 g/mol. The number of nitrogens with zero attached hydrogens (tertiary/aromatic N) is 1. The van der Waals surface area contributed by atoms with Gasteiger partial charge in [0.25, 0.3) is 5.56 Å². The lowest BCUT2D eigenvalue weighted by Gasteiger charge is -2.04. The van der Waals surface area contributed by atoms with Crippen LogP contribution in [0.25, 0.3) is 20.4 Å². The maximum atomic E-state index is 11.8. The number of aryl methyl sites for hydroxylation is 2. The molecule has 3 heterocycles. The van der Waals surface area contributed by atoms with Crippen LogP contribution in [0.4, 0.5) is 0 Å². The average Bonchev–Trinajstić information content (AvgIpc) is 2.65. The molecule has 0 radical (unpaired) electrons. The van der Waals surface area contributed by atoms with E-state index in [9.17, 15) is 9.59 Å². The quantitative estimate of drug-likeness (QED) is 0.647. The summed E-state index contributed by atoms with van der Waals surface area (Å²) in [6.07, 6.45) is 0. The molecule has 2 N–H and O–H groups in total. The van der Waals surface area contributed by atoms with Crippen LogP contribution in [0.2, 0.25) is 0 Å². The highest BCUT2D eigenvalue weighted by atomic mass is 32.1. The van der Waals surface area contributed by atoms with Crippen molar-refractivity contribution in [2.75, 3.05) is 0 Å². The minimum absolute atomic E-state index is 0.355. The minimum Gasteiger partial charge on any atom is -0.305 e. The molecule has 0 saturated heterocycles. The Morgan fingerprint density at radius 1 is 1.06 bits per heavy atom. The Balaban J connectivity index is 2.71. The number of thiophene rings is 1. The second-order valence-electron chi connectivity index (χ2n) is 4.34. The van der Waals surface area contributed by atoms with Gasteiger partial charge in [0, 0.05) is 11.1 Å². The predicted molar refractivity (Wildman–Crippen MR) is 72.6 cm³/mol. The summed E-state index contributed by atoms with van der Waals surface area (Å²) in [6, 6.07) is 0. The van der Waals surface area contributed by atoms with Crippen molar-refractivity contribution in [3.8, 4) is 0 Å². The average molecular weight is 261 g/mol. The Hall–Kier alpha value is -1.95.